The van der Waals surface area contributed by atoms with E-state index >= 15 is 0 Å². The zero-order chi connectivity index (χ0) is 23.4. The summed E-state index contributed by atoms with van der Waals surface area (Å²) in [4.78, 5) is 43.0. The standard InChI is InChI=1S/C22H20FN3O4S2/c1-12-13(2)32-20(19(12)21(29)30-4)25-18(28)10-9-15-11-31-22(24-15)26(14(3)27)17-8-6-5-7-16(17)23/h5-11H,1-4H3,(H,25,28)/b10-9+. The van der Waals surface area contributed by atoms with E-state index in [1.807, 2.05) is 6.92 Å². The molecular weight excluding hydrogens is 453 g/mol. The minimum absolute atomic E-state index is 0.0985. The topological polar surface area (TPSA) is 88.6 Å². The Balaban J connectivity index is 1.78. The van der Waals surface area contributed by atoms with Gasteiger partial charge in [-0.1, -0.05) is 12.1 Å². The highest BCUT2D eigenvalue weighted by Gasteiger charge is 2.22. The van der Waals surface area contributed by atoms with Crippen molar-refractivity contribution in [2.75, 3.05) is 17.3 Å². The van der Waals surface area contributed by atoms with E-state index in [4.69, 9.17) is 4.74 Å². The fourth-order valence-electron chi connectivity index (χ4n) is 2.87. The minimum Gasteiger partial charge on any atom is -0.465 e. The maximum Gasteiger partial charge on any atom is 0.341 e. The Kier molecular flexibility index (Phi) is 7.16. The molecule has 1 aromatic carbocycles. The Morgan fingerprint density at radius 1 is 1.22 bits per heavy atom. The Hall–Kier alpha value is -3.37. The van der Waals surface area contributed by atoms with Crippen molar-refractivity contribution >= 4 is 62.4 Å². The third kappa shape index (κ3) is 4.92. The quantitative estimate of drug-likeness (QED) is 0.398. The highest BCUT2D eigenvalue weighted by molar-refractivity contribution is 7.16. The van der Waals surface area contributed by atoms with Crippen LogP contribution in [0.25, 0.3) is 6.08 Å². The Morgan fingerprint density at radius 3 is 2.59 bits per heavy atom. The molecule has 0 aliphatic rings. The number of methoxy groups -OCH3 is 1. The van der Waals surface area contributed by atoms with Crippen molar-refractivity contribution in [1.82, 2.24) is 4.98 Å². The molecule has 3 aromatic rings. The zero-order valence-electron chi connectivity index (χ0n) is 17.8. The number of carbonyl (C=O) groups excluding carboxylic acids is 3. The van der Waals surface area contributed by atoms with E-state index in [9.17, 15) is 18.8 Å². The number of aryl methyl sites for hydroxylation is 1. The zero-order valence-corrected chi connectivity index (χ0v) is 19.4. The summed E-state index contributed by atoms with van der Waals surface area (Å²) in [6, 6.07) is 5.92. The summed E-state index contributed by atoms with van der Waals surface area (Å²) in [6.07, 6.45) is 2.74. The van der Waals surface area contributed by atoms with Gasteiger partial charge in [-0.15, -0.1) is 22.7 Å². The SMILES string of the molecule is COC(=O)c1c(NC(=O)/C=C/c2csc(N(C(C)=O)c3ccccc3F)n2)sc(C)c1C. The lowest BCUT2D eigenvalue weighted by Crippen LogP contribution is -2.23. The van der Waals surface area contributed by atoms with Crippen LogP contribution in [-0.4, -0.2) is 29.9 Å². The number of hydrogen-bond acceptors (Lipinski definition) is 7. The number of ether oxygens (including phenoxy) is 1. The first kappa shape index (κ1) is 23.3. The first-order valence-electron chi connectivity index (χ1n) is 9.41. The van der Waals surface area contributed by atoms with Crippen molar-refractivity contribution in [2.45, 2.75) is 20.8 Å². The predicted octanol–water partition coefficient (Wildman–Crippen LogP) is 5.08. The lowest BCUT2D eigenvalue weighted by Gasteiger charge is -2.18. The molecule has 7 nitrogen and oxygen atoms in total. The summed E-state index contributed by atoms with van der Waals surface area (Å²) in [5.41, 5.74) is 1.60. The summed E-state index contributed by atoms with van der Waals surface area (Å²) in [5, 5.41) is 5.02. The number of amides is 2. The molecule has 0 saturated carbocycles. The Bertz CT molecular complexity index is 1220. The van der Waals surface area contributed by atoms with Crippen LogP contribution in [0.3, 0.4) is 0 Å². The van der Waals surface area contributed by atoms with Crippen LogP contribution in [0.15, 0.2) is 35.7 Å². The number of thiophene rings is 1. The summed E-state index contributed by atoms with van der Waals surface area (Å²) >= 11 is 2.43. The van der Waals surface area contributed by atoms with Gasteiger partial charge in [0.05, 0.1) is 24.1 Å². The number of nitrogens with zero attached hydrogens (tertiary/aromatic N) is 2. The van der Waals surface area contributed by atoms with Crippen LogP contribution in [0.4, 0.5) is 20.2 Å². The number of nitrogens with one attached hydrogen (secondary N) is 1. The number of esters is 1. The van der Waals surface area contributed by atoms with Gasteiger partial charge in [0.25, 0.3) is 0 Å². The van der Waals surface area contributed by atoms with Crippen molar-refractivity contribution in [3.05, 3.63) is 63.2 Å². The number of thiazole rings is 1. The lowest BCUT2D eigenvalue weighted by atomic mass is 10.1. The van der Waals surface area contributed by atoms with E-state index < -0.39 is 23.6 Å². The summed E-state index contributed by atoms with van der Waals surface area (Å²) < 4.78 is 19.0. The van der Waals surface area contributed by atoms with Crippen LogP contribution >= 0.6 is 22.7 Å². The van der Waals surface area contributed by atoms with Crippen LogP contribution in [0.2, 0.25) is 0 Å². The lowest BCUT2D eigenvalue weighted by molar-refractivity contribution is -0.116. The molecule has 0 radical (unpaired) electrons. The molecule has 0 aliphatic carbocycles. The van der Waals surface area contributed by atoms with Gasteiger partial charge < -0.3 is 10.1 Å². The maximum atomic E-state index is 14.2. The summed E-state index contributed by atoms with van der Waals surface area (Å²) in [6.45, 7) is 4.96. The number of aromatic nitrogens is 1. The molecule has 32 heavy (non-hydrogen) atoms. The maximum absolute atomic E-state index is 14.2. The van der Waals surface area contributed by atoms with Crippen molar-refractivity contribution in [2.24, 2.45) is 0 Å². The number of carbonyl (C=O) groups is 3. The van der Waals surface area contributed by atoms with E-state index in [2.05, 4.69) is 10.3 Å². The molecule has 0 fully saturated rings. The second-order valence-electron chi connectivity index (χ2n) is 6.66. The van der Waals surface area contributed by atoms with Crippen molar-refractivity contribution in [1.29, 1.82) is 0 Å². The van der Waals surface area contributed by atoms with Crippen molar-refractivity contribution in [3.8, 4) is 0 Å². The second-order valence-corrected chi connectivity index (χ2v) is 8.72. The van der Waals surface area contributed by atoms with E-state index in [1.165, 1.54) is 60.6 Å². The molecule has 0 atom stereocenters. The molecule has 2 amide bonds. The van der Waals surface area contributed by atoms with Crippen LogP contribution < -0.4 is 10.2 Å². The van der Waals surface area contributed by atoms with Gasteiger partial charge in [-0.25, -0.2) is 14.2 Å². The van der Waals surface area contributed by atoms with E-state index in [-0.39, 0.29) is 10.8 Å². The van der Waals surface area contributed by atoms with Gasteiger partial charge in [-0.3, -0.25) is 14.5 Å². The molecule has 0 bridgehead atoms. The largest absolute Gasteiger partial charge is 0.465 e. The average Bonchev–Trinajstić information content (AvgIpc) is 3.32. The molecule has 0 aliphatic heterocycles. The fourth-order valence-corrected chi connectivity index (χ4v) is 4.77. The first-order valence-corrected chi connectivity index (χ1v) is 11.1. The molecule has 10 heteroatoms. The first-order chi connectivity index (χ1) is 15.2. The Labute approximate surface area is 192 Å². The van der Waals surface area contributed by atoms with Crippen LogP contribution in [0.5, 0.6) is 0 Å². The molecular formula is C22H20FN3O4S2. The van der Waals surface area contributed by atoms with Gasteiger partial charge in [0.2, 0.25) is 11.8 Å². The molecule has 0 saturated heterocycles. The van der Waals surface area contributed by atoms with E-state index in [0.717, 1.165) is 21.8 Å². The molecule has 2 heterocycles. The van der Waals surface area contributed by atoms with Crippen LogP contribution in [0.1, 0.15) is 33.4 Å². The van der Waals surface area contributed by atoms with Gasteiger partial charge in [-0.05, 0) is 37.6 Å². The number of anilines is 3. The normalized spacial score (nSPS) is 10.9. The number of benzene rings is 1. The third-order valence-electron chi connectivity index (χ3n) is 4.53. The summed E-state index contributed by atoms with van der Waals surface area (Å²) in [7, 11) is 1.28. The highest BCUT2D eigenvalue weighted by atomic mass is 32.1. The average molecular weight is 474 g/mol. The molecule has 166 valence electrons. The van der Waals surface area contributed by atoms with Gasteiger partial charge in [0.15, 0.2) is 5.13 Å². The molecule has 0 spiro atoms. The number of para-hydroxylation sites is 1. The number of rotatable bonds is 6. The highest BCUT2D eigenvalue weighted by Crippen LogP contribution is 2.33. The van der Waals surface area contributed by atoms with Gasteiger partial charge in [0, 0.05) is 23.3 Å². The Morgan fingerprint density at radius 2 is 1.94 bits per heavy atom. The van der Waals surface area contributed by atoms with Gasteiger partial charge in [0.1, 0.15) is 10.8 Å². The minimum atomic E-state index is -0.544. The fraction of sp³-hybridized carbons (Fsp3) is 0.182. The van der Waals surface area contributed by atoms with Gasteiger partial charge >= 0.3 is 5.97 Å². The van der Waals surface area contributed by atoms with Gasteiger partial charge in [-0.2, -0.15) is 0 Å². The van der Waals surface area contributed by atoms with Crippen LogP contribution in [-0.2, 0) is 14.3 Å². The number of halogens is 1. The molecule has 0 unspecified atom stereocenters. The summed E-state index contributed by atoms with van der Waals surface area (Å²) in [5.74, 6) is -1.91. The predicted molar refractivity (Wildman–Crippen MR) is 124 cm³/mol. The molecule has 1 N–H and O–H groups in total. The number of hydrogen-bond donors (Lipinski definition) is 1. The van der Waals surface area contributed by atoms with E-state index in [1.54, 1.807) is 18.4 Å². The monoisotopic (exact) mass is 473 g/mol. The van der Waals surface area contributed by atoms with Crippen molar-refractivity contribution < 1.29 is 23.5 Å². The molecule has 3 rings (SSSR count). The smallest absolute Gasteiger partial charge is 0.341 e. The van der Waals surface area contributed by atoms with Crippen LogP contribution in [0, 0.1) is 19.7 Å². The van der Waals surface area contributed by atoms with E-state index in [0.29, 0.717) is 16.3 Å². The molecule has 2 aromatic heterocycles. The van der Waals surface area contributed by atoms with Crippen molar-refractivity contribution in [3.63, 3.8) is 0 Å². The second kappa shape index (κ2) is 9.84. The third-order valence-corrected chi connectivity index (χ3v) is 6.49.